The molecule has 31 heteroatoms. The van der Waals surface area contributed by atoms with Crippen LogP contribution in [0.15, 0.2) is 49.6 Å². The first-order chi connectivity index (χ1) is 33.3. The number of hydrogen-bond donors (Lipinski definition) is 11. The molecule has 0 saturated carbocycles. The van der Waals surface area contributed by atoms with E-state index < -0.39 is 73.3 Å². The maximum absolute atomic E-state index is 13.0. The first-order valence-corrected chi connectivity index (χ1v) is 22.2. The Bertz CT molecular complexity index is 2490. The summed E-state index contributed by atoms with van der Waals surface area (Å²) in [5, 5.41) is 56.4. The Morgan fingerprint density at radius 1 is 0.658 bits per heavy atom. The lowest BCUT2D eigenvalue weighted by molar-refractivity contribution is -0.893. The highest BCUT2D eigenvalue weighted by Gasteiger charge is 2.48. The minimum absolute atomic E-state index is 0. The van der Waals surface area contributed by atoms with Crippen LogP contribution in [0.4, 0.5) is 24.8 Å². The van der Waals surface area contributed by atoms with E-state index in [2.05, 4.69) is 40.5 Å². The number of nitrogen functional groups attached to an aromatic ring is 2. The Balaban J connectivity index is 0.00000120. The number of ether oxygens (including phenoxy) is 2. The van der Waals surface area contributed by atoms with Crippen molar-refractivity contribution in [3.8, 4) is 0 Å². The number of nitrogens with zero attached hydrogens (tertiary/aromatic N) is 10. The van der Waals surface area contributed by atoms with Gasteiger partial charge in [0.1, 0.15) is 73.4 Å². The van der Waals surface area contributed by atoms with Crippen LogP contribution in [0.2, 0.25) is 0 Å². The molecule has 7 rings (SSSR count). The SMILES string of the molecule is C[N+](C)(CC[C@H](N)C(=O)NCc1ccc(CNC(=O)[C@@H](N)CC[N+](C)(C)C[C@H]2O[C@@H](n3cnc4c(N)ncnc43)[C@H](O)[C@@H]2O)cc1)C[C@H]1O[C@@H](n2cnc3c(N)ncnc32)[C@H](O)[C@@H]1O.O=C(O)C(F)(F)F.[I-].[I-]. The fourth-order valence-corrected chi connectivity index (χ4v) is 8.14. The smallest absolute Gasteiger partial charge is 0.490 e. The van der Waals surface area contributed by atoms with Crippen LogP contribution < -0.4 is 81.5 Å². The second-order valence-electron chi connectivity index (χ2n) is 18.8. The molecule has 0 aliphatic carbocycles. The third-order valence-electron chi connectivity index (χ3n) is 12.3. The maximum atomic E-state index is 13.0. The second kappa shape index (κ2) is 25.1. The minimum Gasteiger partial charge on any atom is -1.00 e. The number of hydrogen-bond acceptors (Lipinski definition) is 19. The third kappa shape index (κ3) is 15.2. The molecule has 2 fully saturated rings. The van der Waals surface area contributed by atoms with Crippen molar-refractivity contribution in [1.82, 2.24) is 49.7 Å². The van der Waals surface area contributed by atoms with Gasteiger partial charge in [0.05, 0.1) is 66.0 Å². The van der Waals surface area contributed by atoms with E-state index >= 15 is 0 Å². The molecule has 0 unspecified atom stereocenters. The summed E-state index contributed by atoms with van der Waals surface area (Å²) in [4.78, 5) is 59.5. The number of likely N-dealkylation sites (N-methyl/N-ethyl adjacent to an activating group) is 2. The molecule has 10 atom stereocenters. The minimum atomic E-state index is -5.08. The number of anilines is 2. The number of alkyl halides is 3. The van der Waals surface area contributed by atoms with Gasteiger partial charge in [0.15, 0.2) is 35.4 Å². The molecule has 0 radical (unpaired) electrons. The normalized spacial score (nSPS) is 22.9. The van der Waals surface area contributed by atoms with E-state index in [4.69, 9.17) is 42.3 Å². The Morgan fingerprint density at radius 3 is 1.33 bits per heavy atom. The number of aromatic nitrogens is 8. The summed E-state index contributed by atoms with van der Waals surface area (Å²) in [7, 11) is 7.73. The Hall–Kier alpha value is -4.82. The highest BCUT2D eigenvalue weighted by Crippen LogP contribution is 2.34. The molecule has 6 heterocycles. The fraction of sp³-hybridized carbons (Fsp3) is 0.548. The molecule has 2 aliphatic heterocycles. The van der Waals surface area contributed by atoms with Crippen LogP contribution >= 0.6 is 0 Å². The van der Waals surface area contributed by atoms with E-state index in [-0.39, 0.29) is 84.5 Å². The Labute approximate surface area is 449 Å². The van der Waals surface area contributed by atoms with Crippen molar-refractivity contribution in [2.45, 2.75) is 93.3 Å². The average Bonchev–Trinajstić information content (AvgIpc) is 4.08. The van der Waals surface area contributed by atoms with Gasteiger partial charge >= 0.3 is 12.1 Å². The van der Waals surface area contributed by atoms with E-state index in [0.717, 1.165) is 11.1 Å². The molecule has 2 saturated heterocycles. The van der Waals surface area contributed by atoms with Crippen LogP contribution in [0.3, 0.4) is 0 Å². The first kappa shape index (κ1) is 60.7. The van der Waals surface area contributed by atoms with E-state index in [0.29, 0.717) is 70.3 Å². The largest absolute Gasteiger partial charge is 1.00 e. The quantitative estimate of drug-likeness (QED) is 0.0287. The standard InChI is InChI=1S/C40H58N16O8.C2HF3O2.2HI/c1-55(2,15-25-29(57)31(59)39(63-25)53-19-51-27-33(43)47-17-49-35(27)53)11-9-23(41)37(61)45-13-21-5-7-22(8-6-21)14-46-38(62)24(42)10-12-56(3,4)16-26-30(58)32(60)40(64-26)54-20-52-28-34(44)48-18-50-36(28)54;3-2(4,5)1(6)7;;/h5-8,17-20,23-26,29-32,39-40,57-60H,9-16,41-42H2,1-4H3,(H4-2,43,44,45,46,47,48,49,50,61,62);(H,6,7);2*1H/t23-,24-,25+,26+,29+,30+,31+,32+,39+,40+;;;/m0.../s1. The number of imidazole rings is 2. The molecule has 1 aromatic carbocycles. The zero-order valence-electron chi connectivity index (χ0n) is 40.0. The monoisotopic (exact) mass is 1260 g/mol. The summed E-state index contributed by atoms with van der Waals surface area (Å²) in [5.74, 6) is -3.00. The number of carbonyl (C=O) groups excluding carboxylic acids is 2. The predicted octanol–water partition coefficient (Wildman–Crippen LogP) is -8.77. The van der Waals surface area contributed by atoms with Crippen molar-refractivity contribution in [3.63, 3.8) is 0 Å². The summed E-state index contributed by atoms with van der Waals surface area (Å²) < 4.78 is 47.7. The van der Waals surface area contributed by atoms with Gasteiger partial charge in [-0.15, -0.1) is 0 Å². The average molecular weight is 1260 g/mol. The molecule has 0 spiro atoms. The van der Waals surface area contributed by atoms with Crippen molar-refractivity contribution in [1.29, 1.82) is 0 Å². The van der Waals surface area contributed by atoms with Crippen molar-refractivity contribution in [2.24, 2.45) is 11.5 Å². The number of aliphatic hydroxyl groups is 4. The first-order valence-electron chi connectivity index (χ1n) is 22.2. The summed E-state index contributed by atoms with van der Waals surface area (Å²) in [5.41, 5.74) is 27.6. The molecule has 2 amide bonds. The number of carboxylic acid groups (broad SMARTS) is 1. The van der Waals surface area contributed by atoms with Crippen LogP contribution in [0, 0.1) is 0 Å². The lowest BCUT2D eigenvalue weighted by atomic mass is 10.1. The van der Waals surface area contributed by atoms with Gasteiger partial charge in [-0.1, -0.05) is 24.3 Å². The topological polar surface area (TPSA) is 386 Å². The maximum Gasteiger partial charge on any atom is 0.490 e. The number of aliphatic hydroxyl groups excluding tert-OH is 4. The van der Waals surface area contributed by atoms with Gasteiger partial charge < -0.3 is 125 Å². The van der Waals surface area contributed by atoms with Crippen molar-refractivity contribution in [2.75, 3.05) is 65.8 Å². The molecular weight excluding hydrogens is 1200 g/mol. The van der Waals surface area contributed by atoms with Gasteiger partial charge in [0, 0.05) is 25.9 Å². The number of rotatable bonds is 18. The van der Waals surface area contributed by atoms with Gasteiger partial charge in [-0.2, -0.15) is 13.2 Å². The van der Waals surface area contributed by atoms with Crippen molar-refractivity contribution < 1.29 is 119 Å². The van der Waals surface area contributed by atoms with Crippen LogP contribution in [0.1, 0.15) is 36.4 Å². The summed E-state index contributed by atoms with van der Waals surface area (Å²) in [6.45, 7) is 2.15. The number of fused-ring (bicyclic) bond motifs is 2. The number of aliphatic carboxylic acids is 1. The zero-order chi connectivity index (χ0) is 52.2. The van der Waals surface area contributed by atoms with E-state index in [1.807, 2.05) is 52.5 Å². The number of carbonyl (C=O) groups is 3. The molecule has 26 nitrogen and oxygen atoms in total. The van der Waals surface area contributed by atoms with Crippen molar-refractivity contribution in [3.05, 3.63) is 60.7 Å². The lowest BCUT2D eigenvalue weighted by Gasteiger charge is -2.33. The second-order valence-corrected chi connectivity index (χ2v) is 18.8. The van der Waals surface area contributed by atoms with Gasteiger partial charge in [-0.3, -0.25) is 18.7 Å². The van der Waals surface area contributed by atoms with Gasteiger partial charge in [-0.05, 0) is 11.1 Å². The highest BCUT2D eigenvalue weighted by atomic mass is 127. The van der Waals surface area contributed by atoms with Crippen LogP contribution in [-0.4, -0.2) is 201 Å². The molecule has 4 aromatic heterocycles. The number of carboxylic acids is 1. The van der Waals surface area contributed by atoms with Crippen LogP contribution in [0.25, 0.3) is 22.3 Å². The Morgan fingerprint density at radius 2 is 1.00 bits per heavy atom. The number of halogens is 5. The van der Waals surface area contributed by atoms with Crippen LogP contribution in [0.5, 0.6) is 0 Å². The fourth-order valence-electron chi connectivity index (χ4n) is 8.14. The summed E-state index contributed by atoms with van der Waals surface area (Å²) in [6.07, 6.45) is -7.05. The van der Waals surface area contributed by atoms with Crippen molar-refractivity contribution >= 4 is 51.7 Å². The molecule has 5 aromatic rings. The van der Waals surface area contributed by atoms with E-state index in [1.165, 1.54) is 34.4 Å². The molecule has 73 heavy (non-hydrogen) atoms. The number of nitrogens with two attached hydrogens (primary N) is 4. The number of amides is 2. The zero-order valence-corrected chi connectivity index (χ0v) is 44.3. The predicted molar refractivity (Wildman–Crippen MR) is 244 cm³/mol. The van der Waals surface area contributed by atoms with Gasteiger partial charge in [0.25, 0.3) is 0 Å². The van der Waals surface area contributed by atoms with Crippen LogP contribution in [-0.2, 0) is 36.9 Å². The number of quaternary nitrogens is 2. The molecule has 404 valence electrons. The molecule has 0 bridgehead atoms. The molecule has 15 N–H and O–H groups in total. The van der Waals surface area contributed by atoms with E-state index in [1.54, 1.807) is 0 Å². The summed E-state index contributed by atoms with van der Waals surface area (Å²) in [6, 6.07) is 5.85. The van der Waals surface area contributed by atoms with Gasteiger partial charge in [-0.25, -0.2) is 34.7 Å². The highest BCUT2D eigenvalue weighted by molar-refractivity contribution is 5.83. The van der Waals surface area contributed by atoms with E-state index in [9.17, 15) is 43.2 Å². The molecular formula is C42H61F3I2N16O10. The number of nitrogens with one attached hydrogen (secondary N) is 2. The summed E-state index contributed by atoms with van der Waals surface area (Å²) >= 11 is 0. The third-order valence-corrected chi connectivity index (χ3v) is 12.3. The number of benzene rings is 1. The Kier molecular flexibility index (Phi) is 20.9. The van der Waals surface area contributed by atoms with Gasteiger partial charge in [0.2, 0.25) is 11.8 Å². The lowest BCUT2D eigenvalue weighted by Crippen LogP contribution is -3.00. The molecule has 2 aliphatic rings.